The van der Waals surface area contributed by atoms with E-state index in [4.69, 9.17) is 0 Å². The van der Waals surface area contributed by atoms with Gasteiger partial charge in [-0.2, -0.15) is 0 Å². The molecule has 0 atom stereocenters. The van der Waals surface area contributed by atoms with Gasteiger partial charge in [0.05, 0.1) is 0 Å². The molecule has 19 heavy (non-hydrogen) atoms. The Balaban J connectivity index is 1.44. The Morgan fingerprint density at radius 1 is 1.11 bits per heavy atom. The SMILES string of the molecule is CCN(CCNCCCCc1ccccc1)C1CC1. The molecule has 0 heterocycles. The Morgan fingerprint density at radius 3 is 2.58 bits per heavy atom. The van der Waals surface area contributed by atoms with E-state index >= 15 is 0 Å². The zero-order valence-electron chi connectivity index (χ0n) is 12.3. The second-order valence-corrected chi connectivity index (χ2v) is 5.55. The lowest BCUT2D eigenvalue weighted by atomic mass is 10.1. The number of rotatable bonds is 10. The van der Waals surface area contributed by atoms with Crippen molar-refractivity contribution >= 4 is 0 Å². The molecule has 0 aromatic heterocycles. The predicted octanol–water partition coefficient (Wildman–Crippen LogP) is 3.08. The van der Waals surface area contributed by atoms with Crippen molar-refractivity contribution < 1.29 is 0 Å². The van der Waals surface area contributed by atoms with E-state index in [2.05, 4.69) is 47.5 Å². The lowest BCUT2D eigenvalue weighted by Gasteiger charge is -2.19. The number of likely N-dealkylation sites (N-methyl/N-ethyl adjacent to an activating group) is 1. The number of nitrogens with one attached hydrogen (secondary N) is 1. The van der Waals surface area contributed by atoms with Crippen molar-refractivity contribution in [3.63, 3.8) is 0 Å². The van der Waals surface area contributed by atoms with Gasteiger partial charge in [-0.3, -0.25) is 4.90 Å². The topological polar surface area (TPSA) is 15.3 Å². The van der Waals surface area contributed by atoms with Gasteiger partial charge in [0, 0.05) is 19.1 Å². The fraction of sp³-hybridized carbons (Fsp3) is 0.647. The third kappa shape index (κ3) is 5.75. The molecule has 1 aromatic rings. The van der Waals surface area contributed by atoms with Crippen molar-refractivity contribution in [2.24, 2.45) is 0 Å². The van der Waals surface area contributed by atoms with Crippen LogP contribution in [0.25, 0.3) is 0 Å². The largest absolute Gasteiger partial charge is 0.315 e. The van der Waals surface area contributed by atoms with Crippen LogP contribution in [0.3, 0.4) is 0 Å². The van der Waals surface area contributed by atoms with E-state index in [0.717, 1.165) is 19.1 Å². The highest BCUT2D eigenvalue weighted by Gasteiger charge is 2.26. The fourth-order valence-corrected chi connectivity index (χ4v) is 2.61. The van der Waals surface area contributed by atoms with E-state index < -0.39 is 0 Å². The molecule has 1 aliphatic carbocycles. The van der Waals surface area contributed by atoms with Crippen LogP contribution in [0, 0.1) is 0 Å². The summed E-state index contributed by atoms with van der Waals surface area (Å²) < 4.78 is 0. The summed E-state index contributed by atoms with van der Waals surface area (Å²) in [5.74, 6) is 0. The molecule has 0 radical (unpaired) electrons. The molecule has 0 amide bonds. The first-order valence-electron chi connectivity index (χ1n) is 7.89. The van der Waals surface area contributed by atoms with Gasteiger partial charge in [-0.15, -0.1) is 0 Å². The van der Waals surface area contributed by atoms with E-state index in [0.29, 0.717) is 0 Å². The Hall–Kier alpha value is -0.860. The highest BCUT2D eigenvalue weighted by atomic mass is 15.2. The molecule has 0 saturated heterocycles. The highest BCUT2D eigenvalue weighted by Crippen LogP contribution is 2.25. The van der Waals surface area contributed by atoms with Gasteiger partial charge in [0.25, 0.3) is 0 Å². The van der Waals surface area contributed by atoms with Gasteiger partial charge >= 0.3 is 0 Å². The number of nitrogens with zero attached hydrogens (tertiary/aromatic N) is 1. The molecule has 0 aliphatic heterocycles. The fourth-order valence-electron chi connectivity index (χ4n) is 2.61. The molecule has 2 heteroatoms. The second-order valence-electron chi connectivity index (χ2n) is 5.55. The predicted molar refractivity (Wildman–Crippen MR) is 82.5 cm³/mol. The number of unbranched alkanes of at least 4 members (excludes halogenated alkanes) is 1. The molecule has 1 aliphatic rings. The molecule has 2 nitrogen and oxygen atoms in total. The maximum absolute atomic E-state index is 3.58. The standard InChI is InChI=1S/C17H28N2/c1-2-19(17-11-12-17)15-14-18-13-7-6-10-16-8-4-3-5-9-16/h3-5,8-9,17-18H,2,6-7,10-15H2,1H3. The van der Waals surface area contributed by atoms with Gasteiger partial charge in [0.15, 0.2) is 0 Å². The average molecular weight is 260 g/mol. The van der Waals surface area contributed by atoms with E-state index in [1.165, 1.54) is 50.8 Å². The highest BCUT2D eigenvalue weighted by molar-refractivity contribution is 5.14. The summed E-state index contributed by atoms with van der Waals surface area (Å²) in [7, 11) is 0. The lowest BCUT2D eigenvalue weighted by Crippen LogP contribution is -2.33. The minimum absolute atomic E-state index is 0.907. The third-order valence-corrected chi connectivity index (χ3v) is 3.96. The minimum Gasteiger partial charge on any atom is -0.315 e. The Bertz CT molecular complexity index is 332. The smallest absolute Gasteiger partial charge is 0.0110 e. The van der Waals surface area contributed by atoms with Crippen LogP contribution >= 0.6 is 0 Å². The van der Waals surface area contributed by atoms with Crippen molar-refractivity contribution in [1.82, 2.24) is 10.2 Å². The summed E-state index contributed by atoms with van der Waals surface area (Å²) in [6.07, 6.45) is 6.63. The quantitative estimate of drug-likeness (QED) is 0.650. The summed E-state index contributed by atoms with van der Waals surface area (Å²) in [6.45, 7) is 7.02. The number of aryl methyl sites for hydroxylation is 1. The summed E-state index contributed by atoms with van der Waals surface area (Å²) in [5.41, 5.74) is 1.47. The molecule has 1 aromatic carbocycles. The van der Waals surface area contributed by atoms with Crippen LogP contribution in [0.2, 0.25) is 0 Å². The maximum Gasteiger partial charge on any atom is 0.0110 e. The molecular weight excluding hydrogens is 232 g/mol. The molecule has 0 bridgehead atoms. The molecule has 0 spiro atoms. The number of benzene rings is 1. The van der Waals surface area contributed by atoms with Crippen molar-refractivity contribution in [2.75, 3.05) is 26.2 Å². The van der Waals surface area contributed by atoms with E-state index in [1.54, 1.807) is 0 Å². The first kappa shape index (κ1) is 14.5. The molecule has 1 N–H and O–H groups in total. The van der Waals surface area contributed by atoms with Crippen LogP contribution in [0.5, 0.6) is 0 Å². The van der Waals surface area contributed by atoms with Gasteiger partial charge in [0.2, 0.25) is 0 Å². The van der Waals surface area contributed by atoms with Crippen LogP contribution < -0.4 is 5.32 Å². The van der Waals surface area contributed by atoms with Gasteiger partial charge in [-0.1, -0.05) is 37.3 Å². The zero-order valence-corrected chi connectivity index (χ0v) is 12.3. The third-order valence-electron chi connectivity index (χ3n) is 3.96. The average Bonchev–Trinajstić information content (AvgIpc) is 3.28. The summed E-state index contributed by atoms with van der Waals surface area (Å²) in [5, 5.41) is 3.58. The normalized spacial score (nSPS) is 15.1. The maximum atomic E-state index is 3.58. The van der Waals surface area contributed by atoms with Gasteiger partial charge in [-0.05, 0) is 50.8 Å². The van der Waals surface area contributed by atoms with Crippen molar-refractivity contribution in [3.8, 4) is 0 Å². The molecule has 0 unspecified atom stereocenters. The number of hydrogen-bond donors (Lipinski definition) is 1. The van der Waals surface area contributed by atoms with E-state index in [-0.39, 0.29) is 0 Å². The molecule has 2 rings (SSSR count). The first-order chi connectivity index (χ1) is 9.40. The molecule has 1 saturated carbocycles. The summed E-state index contributed by atoms with van der Waals surface area (Å²) in [4.78, 5) is 2.61. The Morgan fingerprint density at radius 2 is 1.89 bits per heavy atom. The van der Waals surface area contributed by atoms with Crippen molar-refractivity contribution in [2.45, 2.75) is 45.1 Å². The zero-order chi connectivity index (χ0) is 13.3. The minimum atomic E-state index is 0.907. The first-order valence-corrected chi connectivity index (χ1v) is 7.89. The summed E-state index contributed by atoms with van der Waals surface area (Å²) in [6, 6.07) is 11.7. The van der Waals surface area contributed by atoms with Gasteiger partial charge in [-0.25, -0.2) is 0 Å². The molecule has 1 fully saturated rings. The van der Waals surface area contributed by atoms with Crippen molar-refractivity contribution in [1.29, 1.82) is 0 Å². The van der Waals surface area contributed by atoms with Crippen LogP contribution in [0.15, 0.2) is 30.3 Å². The lowest BCUT2D eigenvalue weighted by molar-refractivity contribution is 0.277. The van der Waals surface area contributed by atoms with Gasteiger partial charge in [0.1, 0.15) is 0 Å². The number of hydrogen-bond acceptors (Lipinski definition) is 2. The van der Waals surface area contributed by atoms with Crippen LogP contribution in [0.1, 0.15) is 38.2 Å². The summed E-state index contributed by atoms with van der Waals surface area (Å²) >= 11 is 0. The van der Waals surface area contributed by atoms with E-state index in [1.807, 2.05) is 0 Å². The van der Waals surface area contributed by atoms with Crippen LogP contribution in [-0.2, 0) is 6.42 Å². The van der Waals surface area contributed by atoms with Gasteiger partial charge < -0.3 is 5.32 Å². The second kappa shape index (κ2) is 8.34. The van der Waals surface area contributed by atoms with E-state index in [9.17, 15) is 0 Å². The van der Waals surface area contributed by atoms with Crippen molar-refractivity contribution in [3.05, 3.63) is 35.9 Å². The Labute approximate surface area is 118 Å². The van der Waals surface area contributed by atoms with Crippen LogP contribution in [-0.4, -0.2) is 37.1 Å². The Kier molecular flexibility index (Phi) is 6.38. The molecular formula is C17H28N2. The van der Waals surface area contributed by atoms with Crippen LogP contribution in [0.4, 0.5) is 0 Å². The molecule has 106 valence electrons. The monoisotopic (exact) mass is 260 g/mol.